The normalized spacial score (nSPS) is 32.6. The highest BCUT2D eigenvalue weighted by Crippen LogP contribution is 2.56. The van der Waals surface area contributed by atoms with E-state index in [4.69, 9.17) is 16.2 Å². The lowest BCUT2D eigenvalue weighted by Crippen LogP contribution is -2.56. The topological polar surface area (TPSA) is 73.6 Å². The molecule has 0 saturated heterocycles. The quantitative estimate of drug-likeness (QED) is 0.540. The molecule has 0 radical (unpaired) electrons. The van der Waals surface area contributed by atoms with Gasteiger partial charge in [-0.2, -0.15) is 0 Å². The van der Waals surface area contributed by atoms with E-state index in [9.17, 15) is 0 Å². The van der Waals surface area contributed by atoms with Crippen molar-refractivity contribution in [2.24, 2.45) is 21.9 Å². The second-order valence-electron chi connectivity index (χ2n) is 4.69. The number of guanidine groups is 1. The van der Waals surface area contributed by atoms with Crippen LogP contribution in [-0.4, -0.2) is 24.7 Å². The molecule has 4 heteroatoms. The Morgan fingerprint density at radius 1 is 1.40 bits per heavy atom. The third-order valence-corrected chi connectivity index (χ3v) is 3.95. The molecule has 4 N–H and O–H groups in total. The zero-order valence-electron chi connectivity index (χ0n) is 9.41. The van der Waals surface area contributed by atoms with Gasteiger partial charge in [-0.05, 0) is 26.2 Å². The minimum Gasteiger partial charge on any atom is -0.378 e. The molecule has 2 rings (SSSR count). The van der Waals surface area contributed by atoms with Crippen molar-refractivity contribution in [1.82, 2.24) is 0 Å². The summed E-state index contributed by atoms with van der Waals surface area (Å²) in [4.78, 5) is 4.34. The third kappa shape index (κ3) is 1.71. The maximum atomic E-state index is 5.78. The first-order chi connectivity index (χ1) is 7.19. The summed E-state index contributed by atoms with van der Waals surface area (Å²) in [5, 5.41) is 0. The number of hydrogen-bond acceptors (Lipinski definition) is 2. The molecule has 15 heavy (non-hydrogen) atoms. The molecule has 2 fully saturated rings. The molecule has 0 bridgehead atoms. The van der Waals surface area contributed by atoms with Crippen LogP contribution in [0.5, 0.6) is 0 Å². The Kier molecular flexibility index (Phi) is 2.87. The second-order valence-corrected chi connectivity index (χ2v) is 4.69. The Hall–Kier alpha value is -0.770. The zero-order chi connectivity index (χ0) is 10.9. The number of nitrogens with zero attached hydrogens (tertiary/aromatic N) is 1. The smallest absolute Gasteiger partial charge is 0.186 e. The minimum atomic E-state index is 0.223. The molecule has 0 amide bonds. The molecule has 2 saturated carbocycles. The molecular formula is C11H21N3O. The van der Waals surface area contributed by atoms with Crippen molar-refractivity contribution in [3.05, 3.63) is 0 Å². The fourth-order valence-electron chi connectivity index (χ4n) is 3.21. The Bertz CT molecular complexity index is 255. The van der Waals surface area contributed by atoms with Crippen molar-refractivity contribution in [3.63, 3.8) is 0 Å². The van der Waals surface area contributed by atoms with Gasteiger partial charge in [0.1, 0.15) is 0 Å². The number of ether oxygens (including phenoxy) is 1. The molecule has 0 aromatic heterocycles. The molecule has 0 heterocycles. The van der Waals surface area contributed by atoms with Gasteiger partial charge in [0.25, 0.3) is 0 Å². The van der Waals surface area contributed by atoms with Gasteiger partial charge in [-0.15, -0.1) is 0 Å². The summed E-state index contributed by atoms with van der Waals surface area (Å²) >= 11 is 0. The van der Waals surface area contributed by atoms with E-state index in [1.807, 2.05) is 0 Å². The first-order valence-corrected chi connectivity index (χ1v) is 5.89. The van der Waals surface area contributed by atoms with Gasteiger partial charge >= 0.3 is 0 Å². The molecule has 2 aliphatic rings. The maximum Gasteiger partial charge on any atom is 0.186 e. The Labute approximate surface area is 91.1 Å². The van der Waals surface area contributed by atoms with E-state index in [1.54, 1.807) is 0 Å². The van der Waals surface area contributed by atoms with Crippen LogP contribution in [0.1, 0.15) is 39.0 Å². The number of aliphatic imine (C=N–C) groups is 1. The van der Waals surface area contributed by atoms with E-state index in [0.29, 0.717) is 12.1 Å². The van der Waals surface area contributed by atoms with E-state index in [2.05, 4.69) is 11.9 Å². The average Bonchev–Trinajstić information content (AvgIpc) is 2.67. The highest BCUT2D eigenvalue weighted by molar-refractivity contribution is 5.76. The highest BCUT2D eigenvalue weighted by Gasteiger charge is 2.56. The van der Waals surface area contributed by atoms with Crippen LogP contribution < -0.4 is 11.5 Å². The van der Waals surface area contributed by atoms with Gasteiger partial charge in [0, 0.05) is 12.0 Å². The van der Waals surface area contributed by atoms with Gasteiger partial charge in [-0.3, -0.25) is 0 Å². The fourth-order valence-corrected chi connectivity index (χ4v) is 3.21. The van der Waals surface area contributed by atoms with Crippen molar-refractivity contribution in [3.8, 4) is 0 Å². The first kappa shape index (κ1) is 10.7. The molecule has 2 unspecified atom stereocenters. The van der Waals surface area contributed by atoms with E-state index < -0.39 is 0 Å². The van der Waals surface area contributed by atoms with Gasteiger partial charge in [-0.25, -0.2) is 4.99 Å². The Balaban J connectivity index is 2.07. The summed E-state index contributed by atoms with van der Waals surface area (Å²) in [5.74, 6) is 0.223. The van der Waals surface area contributed by atoms with Crippen LogP contribution in [0.25, 0.3) is 0 Å². The van der Waals surface area contributed by atoms with Crippen LogP contribution >= 0.6 is 0 Å². The zero-order valence-corrected chi connectivity index (χ0v) is 9.41. The predicted molar refractivity (Wildman–Crippen MR) is 60.5 cm³/mol. The lowest BCUT2D eigenvalue weighted by molar-refractivity contribution is -0.119. The van der Waals surface area contributed by atoms with Crippen LogP contribution in [0.3, 0.4) is 0 Å². The Morgan fingerprint density at radius 3 is 2.60 bits per heavy atom. The predicted octanol–water partition coefficient (Wildman–Crippen LogP) is 0.998. The average molecular weight is 211 g/mol. The van der Waals surface area contributed by atoms with E-state index in [-0.39, 0.29) is 11.4 Å². The molecule has 0 aromatic carbocycles. The van der Waals surface area contributed by atoms with E-state index in [1.165, 1.54) is 25.7 Å². The SMILES string of the molecule is CCOC1CC(N=C(N)N)C12CCCC2. The maximum absolute atomic E-state index is 5.78. The van der Waals surface area contributed by atoms with Gasteiger partial charge in [0.05, 0.1) is 12.1 Å². The van der Waals surface area contributed by atoms with Gasteiger partial charge < -0.3 is 16.2 Å². The van der Waals surface area contributed by atoms with Crippen LogP contribution in [0, 0.1) is 5.41 Å². The molecular weight excluding hydrogens is 190 g/mol. The molecule has 0 aromatic rings. The van der Waals surface area contributed by atoms with Crippen molar-refractivity contribution in [2.75, 3.05) is 6.61 Å². The number of rotatable bonds is 3. The van der Waals surface area contributed by atoms with Crippen LogP contribution in [-0.2, 0) is 4.74 Å². The lowest BCUT2D eigenvalue weighted by atomic mass is 9.61. The highest BCUT2D eigenvalue weighted by atomic mass is 16.5. The number of nitrogens with two attached hydrogens (primary N) is 2. The summed E-state index contributed by atoms with van der Waals surface area (Å²) in [7, 11) is 0. The molecule has 1 spiro atoms. The molecule has 2 atom stereocenters. The van der Waals surface area contributed by atoms with Crippen molar-refractivity contribution in [2.45, 2.75) is 51.2 Å². The van der Waals surface area contributed by atoms with Crippen molar-refractivity contribution < 1.29 is 4.74 Å². The summed E-state index contributed by atoms with van der Waals surface area (Å²) in [6.07, 6.45) is 6.41. The first-order valence-electron chi connectivity index (χ1n) is 5.89. The van der Waals surface area contributed by atoms with Crippen LogP contribution in [0.15, 0.2) is 4.99 Å². The summed E-state index contributed by atoms with van der Waals surface area (Å²) in [5.41, 5.74) is 11.2. The molecule has 86 valence electrons. The summed E-state index contributed by atoms with van der Waals surface area (Å²) in [6, 6.07) is 0.307. The minimum absolute atomic E-state index is 0.223. The summed E-state index contributed by atoms with van der Waals surface area (Å²) < 4.78 is 5.78. The largest absolute Gasteiger partial charge is 0.378 e. The van der Waals surface area contributed by atoms with Gasteiger partial charge in [0.15, 0.2) is 5.96 Å². The van der Waals surface area contributed by atoms with E-state index in [0.717, 1.165) is 13.0 Å². The number of hydrogen-bond donors (Lipinski definition) is 2. The summed E-state index contributed by atoms with van der Waals surface area (Å²) in [6.45, 7) is 2.84. The Morgan fingerprint density at radius 2 is 2.07 bits per heavy atom. The lowest BCUT2D eigenvalue weighted by Gasteiger charge is -2.51. The van der Waals surface area contributed by atoms with E-state index >= 15 is 0 Å². The van der Waals surface area contributed by atoms with Gasteiger partial charge in [0.2, 0.25) is 0 Å². The van der Waals surface area contributed by atoms with Crippen LogP contribution in [0.4, 0.5) is 0 Å². The monoisotopic (exact) mass is 211 g/mol. The molecule has 2 aliphatic carbocycles. The second kappa shape index (κ2) is 4.00. The molecule has 0 aliphatic heterocycles. The van der Waals surface area contributed by atoms with Crippen molar-refractivity contribution in [1.29, 1.82) is 0 Å². The fraction of sp³-hybridized carbons (Fsp3) is 0.909. The third-order valence-electron chi connectivity index (χ3n) is 3.95. The van der Waals surface area contributed by atoms with Crippen LogP contribution in [0.2, 0.25) is 0 Å². The van der Waals surface area contributed by atoms with Gasteiger partial charge in [-0.1, -0.05) is 12.8 Å². The standard InChI is InChI=1S/C11H21N3O/c1-2-15-9-7-8(14-10(12)13)11(9)5-3-4-6-11/h8-9H,2-7H2,1H3,(H4,12,13,14). The molecule has 4 nitrogen and oxygen atoms in total. The van der Waals surface area contributed by atoms with Crippen molar-refractivity contribution >= 4 is 5.96 Å².